The van der Waals surface area contributed by atoms with Gasteiger partial charge in [0.2, 0.25) is 0 Å². The van der Waals surface area contributed by atoms with Crippen molar-refractivity contribution < 1.29 is 9.90 Å². The lowest BCUT2D eigenvalue weighted by Crippen LogP contribution is -2.19. The second-order valence-corrected chi connectivity index (χ2v) is 10.4. The topological polar surface area (TPSA) is 42.2 Å². The summed E-state index contributed by atoms with van der Waals surface area (Å²) in [6.45, 7) is 12.9. The van der Waals surface area contributed by atoms with E-state index >= 15 is 0 Å². The van der Waals surface area contributed by atoms with Crippen LogP contribution >= 0.6 is 12.6 Å². The first-order chi connectivity index (χ1) is 13.9. The van der Waals surface area contributed by atoms with Gasteiger partial charge in [-0.2, -0.15) is 0 Å². The molecule has 0 amide bonds. The summed E-state index contributed by atoms with van der Waals surface area (Å²) in [7, 11) is 0. The number of hydrogen-bond donors (Lipinski definition) is 2. The van der Waals surface area contributed by atoms with Gasteiger partial charge >= 0.3 is 0 Å². The van der Waals surface area contributed by atoms with Gasteiger partial charge in [-0.05, 0) is 34.6 Å². The zero-order valence-electron chi connectivity index (χ0n) is 18.7. The van der Waals surface area contributed by atoms with Crippen molar-refractivity contribution in [1.29, 1.82) is 0 Å². The average Bonchev–Trinajstić information content (AvgIpc) is 3.00. The lowest BCUT2D eigenvalue weighted by atomic mass is 9.78. The maximum absolute atomic E-state index is 13.4. The van der Waals surface area contributed by atoms with E-state index in [0.29, 0.717) is 17.7 Å². The number of thiol groups is 1. The van der Waals surface area contributed by atoms with Crippen LogP contribution in [0.15, 0.2) is 59.8 Å². The molecule has 0 aliphatic heterocycles. The van der Waals surface area contributed by atoms with Gasteiger partial charge in [0, 0.05) is 35.0 Å². The molecule has 1 aromatic heterocycles. The van der Waals surface area contributed by atoms with Crippen molar-refractivity contribution in [3.8, 4) is 5.75 Å². The number of rotatable bonds is 4. The molecule has 0 saturated carbocycles. The molecule has 0 unspecified atom stereocenters. The molecule has 3 rings (SSSR count). The Morgan fingerprint density at radius 1 is 0.900 bits per heavy atom. The van der Waals surface area contributed by atoms with Gasteiger partial charge in [0.15, 0.2) is 5.78 Å². The standard InChI is InChI=1S/C26H31NO2S/c1-25(2,3)20-12-18(13-21(24(20)29)26(4,5)6)23(28)19-14-22(30)27(16-19)15-17-10-8-7-9-11-17/h7-14,16,29-30H,15H2,1-6H3. The molecular formula is C26H31NO2S. The van der Waals surface area contributed by atoms with Gasteiger partial charge in [0.25, 0.3) is 0 Å². The van der Waals surface area contributed by atoms with Gasteiger partial charge in [-0.1, -0.05) is 71.9 Å². The summed E-state index contributed by atoms with van der Waals surface area (Å²) in [6.07, 6.45) is 1.86. The second-order valence-electron chi connectivity index (χ2n) is 9.95. The van der Waals surface area contributed by atoms with Crippen LogP contribution < -0.4 is 0 Å². The van der Waals surface area contributed by atoms with Gasteiger partial charge < -0.3 is 9.67 Å². The third-order valence-corrected chi connectivity index (χ3v) is 5.71. The Labute approximate surface area is 185 Å². The Hall–Kier alpha value is -2.46. The van der Waals surface area contributed by atoms with Gasteiger partial charge in [0.05, 0.1) is 5.03 Å². The molecular weight excluding hydrogens is 390 g/mol. The predicted molar refractivity (Wildman–Crippen MR) is 126 cm³/mol. The Morgan fingerprint density at radius 2 is 1.43 bits per heavy atom. The lowest BCUT2D eigenvalue weighted by Gasteiger charge is -2.28. The molecule has 3 aromatic rings. The number of carbonyl (C=O) groups is 1. The fourth-order valence-corrected chi connectivity index (χ4v) is 3.87. The highest BCUT2D eigenvalue weighted by Gasteiger charge is 2.28. The first-order valence-electron chi connectivity index (χ1n) is 10.2. The smallest absolute Gasteiger partial charge is 0.194 e. The fraction of sp³-hybridized carbons (Fsp3) is 0.346. The molecule has 0 bridgehead atoms. The molecule has 1 N–H and O–H groups in total. The van der Waals surface area contributed by atoms with Crippen molar-refractivity contribution in [2.24, 2.45) is 0 Å². The molecule has 3 nitrogen and oxygen atoms in total. The van der Waals surface area contributed by atoms with Crippen LogP contribution in [0.2, 0.25) is 0 Å². The zero-order valence-corrected chi connectivity index (χ0v) is 19.5. The van der Waals surface area contributed by atoms with Crippen LogP contribution in [0, 0.1) is 0 Å². The van der Waals surface area contributed by atoms with E-state index < -0.39 is 0 Å². The van der Waals surface area contributed by atoms with E-state index in [-0.39, 0.29) is 22.4 Å². The Kier molecular flexibility index (Phi) is 5.92. The first-order valence-corrected chi connectivity index (χ1v) is 10.7. The van der Waals surface area contributed by atoms with Gasteiger partial charge in [0.1, 0.15) is 5.75 Å². The second kappa shape index (κ2) is 7.99. The van der Waals surface area contributed by atoms with Crippen LogP contribution in [0.4, 0.5) is 0 Å². The highest BCUT2D eigenvalue weighted by atomic mass is 32.1. The van der Waals surface area contributed by atoms with Crippen molar-refractivity contribution >= 4 is 18.4 Å². The van der Waals surface area contributed by atoms with Gasteiger partial charge in [-0.3, -0.25) is 4.79 Å². The summed E-state index contributed by atoms with van der Waals surface area (Å²) < 4.78 is 1.97. The molecule has 30 heavy (non-hydrogen) atoms. The molecule has 0 aliphatic carbocycles. The van der Waals surface area contributed by atoms with E-state index in [1.54, 1.807) is 0 Å². The summed E-state index contributed by atoms with van der Waals surface area (Å²) in [5, 5.41) is 11.7. The maximum Gasteiger partial charge on any atom is 0.194 e. The molecule has 1 heterocycles. The number of aromatic nitrogens is 1. The van der Waals surface area contributed by atoms with E-state index in [1.165, 1.54) is 0 Å². The number of ketones is 1. The molecule has 158 valence electrons. The summed E-state index contributed by atoms with van der Waals surface area (Å²) in [6, 6.07) is 15.6. The van der Waals surface area contributed by atoms with Crippen LogP contribution in [-0.4, -0.2) is 15.5 Å². The molecule has 0 radical (unpaired) electrons. The van der Waals surface area contributed by atoms with Crippen molar-refractivity contribution in [2.45, 2.75) is 63.9 Å². The Balaban J connectivity index is 2.04. The predicted octanol–water partition coefficient (Wildman–Crippen LogP) is 6.36. The highest BCUT2D eigenvalue weighted by molar-refractivity contribution is 7.80. The largest absolute Gasteiger partial charge is 0.507 e. The van der Waals surface area contributed by atoms with Gasteiger partial charge in [-0.15, -0.1) is 12.6 Å². The van der Waals surface area contributed by atoms with Crippen LogP contribution in [-0.2, 0) is 17.4 Å². The van der Waals surface area contributed by atoms with Crippen LogP contribution in [0.1, 0.15) is 74.2 Å². The fourth-order valence-electron chi connectivity index (χ4n) is 3.60. The lowest BCUT2D eigenvalue weighted by molar-refractivity contribution is 0.103. The molecule has 0 spiro atoms. The number of aromatic hydroxyl groups is 1. The van der Waals surface area contributed by atoms with Crippen molar-refractivity contribution in [3.63, 3.8) is 0 Å². The van der Waals surface area contributed by atoms with Crippen LogP contribution in [0.5, 0.6) is 5.75 Å². The maximum atomic E-state index is 13.4. The van der Waals surface area contributed by atoms with E-state index in [0.717, 1.165) is 21.7 Å². The first kappa shape index (κ1) is 22.2. The normalized spacial score (nSPS) is 12.2. The van der Waals surface area contributed by atoms with Crippen LogP contribution in [0.25, 0.3) is 0 Å². The molecule has 0 aliphatic rings. The minimum absolute atomic E-state index is 0.0619. The van der Waals surface area contributed by atoms with E-state index in [2.05, 4.69) is 24.8 Å². The highest BCUT2D eigenvalue weighted by Crippen LogP contribution is 2.40. The Morgan fingerprint density at radius 3 is 1.93 bits per heavy atom. The summed E-state index contributed by atoms with van der Waals surface area (Å²) >= 11 is 4.58. The number of carbonyl (C=O) groups excluding carboxylic acids is 1. The number of hydrogen-bond acceptors (Lipinski definition) is 3. The van der Waals surface area contributed by atoms with Crippen LogP contribution in [0.3, 0.4) is 0 Å². The zero-order chi connectivity index (χ0) is 22.3. The van der Waals surface area contributed by atoms with Crippen molar-refractivity contribution in [3.05, 3.63) is 82.5 Å². The summed E-state index contributed by atoms with van der Waals surface area (Å²) in [4.78, 5) is 13.4. The summed E-state index contributed by atoms with van der Waals surface area (Å²) in [5.74, 6) is 0.219. The van der Waals surface area contributed by atoms with E-state index in [4.69, 9.17) is 0 Å². The third kappa shape index (κ3) is 4.65. The van der Waals surface area contributed by atoms with Crippen molar-refractivity contribution in [1.82, 2.24) is 4.57 Å². The monoisotopic (exact) mass is 421 g/mol. The quantitative estimate of drug-likeness (QED) is 0.380. The minimum atomic E-state index is -0.283. The molecule has 0 saturated heterocycles. The average molecular weight is 422 g/mol. The molecule has 0 atom stereocenters. The minimum Gasteiger partial charge on any atom is -0.507 e. The number of benzene rings is 2. The molecule has 0 fully saturated rings. The number of nitrogens with zero attached hydrogens (tertiary/aromatic N) is 1. The molecule has 4 heteroatoms. The third-order valence-electron chi connectivity index (χ3n) is 5.32. The van der Waals surface area contributed by atoms with E-state index in [1.807, 2.05) is 88.7 Å². The molecule has 2 aromatic carbocycles. The summed E-state index contributed by atoms with van der Waals surface area (Å²) in [5.41, 5.74) is 3.34. The van der Waals surface area contributed by atoms with Gasteiger partial charge in [-0.25, -0.2) is 0 Å². The Bertz CT molecular complexity index is 1030. The number of phenols is 1. The number of phenolic OH excluding ortho intramolecular Hbond substituents is 1. The van der Waals surface area contributed by atoms with Crippen molar-refractivity contribution in [2.75, 3.05) is 0 Å². The SMILES string of the molecule is CC(C)(C)c1cc(C(=O)c2cc(S)n(Cc3ccccc3)c2)cc(C(C)(C)C)c1O. The van der Waals surface area contributed by atoms with E-state index in [9.17, 15) is 9.90 Å².